The van der Waals surface area contributed by atoms with Crippen LogP contribution in [-0.4, -0.2) is 31.7 Å². The first-order valence-corrected chi connectivity index (χ1v) is 8.91. The fourth-order valence-corrected chi connectivity index (χ4v) is 2.44. The zero-order chi connectivity index (χ0) is 21.2. The number of allylic oxidation sites excluding steroid dienone is 1. The molecule has 1 N–H and O–H groups in total. The Kier molecular flexibility index (Phi) is 7.80. The van der Waals surface area contributed by atoms with Crippen LogP contribution in [0.1, 0.15) is 25.0 Å². The van der Waals surface area contributed by atoms with Crippen molar-refractivity contribution >= 4 is 23.6 Å². The lowest BCUT2D eigenvalue weighted by Gasteiger charge is -2.15. The molecule has 1 atom stereocenters. The van der Waals surface area contributed by atoms with Gasteiger partial charge in [-0.15, -0.1) is 0 Å². The van der Waals surface area contributed by atoms with Crippen LogP contribution < -0.4 is 14.8 Å². The normalized spacial score (nSPS) is 11.4. The van der Waals surface area contributed by atoms with Gasteiger partial charge in [0.05, 0.1) is 18.4 Å². The van der Waals surface area contributed by atoms with Gasteiger partial charge in [0.15, 0.2) is 24.2 Å². The summed E-state index contributed by atoms with van der Waals surface area (Å²) in [5, 5.41) is 11.6. The van der Waals surface area contributed by atoms with E-state index in [1.54, 1.807) is 36.4 Å². The van der Waals surface area contributed by atoms with E-state index in [9.17, 15) is 9.59 Å². The van der Waals surface area contributed by atoms with E-state index in [4.69, 9.17) is 19.5 Å². The first kappa shape index (κ1) is 21.5. The molecular formula is C22H22N2O5. The van der Waals surface area contributed by atoms with Crippen LogP contribution >= 0.6 is 0 Å². The molecule has 7 nitrogen and oxygen atoms in total. The molecular weight excluding hydrogens is 372 g/mol. The number of carbonyl (C=O) groups is 2. The Morgan fingerprint density at radius 2 is 1.97 bits per heavy atom. The van der Waals surface area contributed by atoms with Crippen LogP contribution in [0.4, 0.5) is 5.69 Å². The number of nitriles is 1. The number of nitrogens with zero attached hydrogens (tertiary/aromatic N) is 1. The van der Waals surface area contributed by atoms with Crippen molar-refractivity contribution in [3.8, 4) is 17.6 Å². The van der Waals surface area contributed by atoms with Gasteiger partial charge in [-0.2, -0.15) is 5.26 Å². The molecule has 0 aromatic heterocycles. The van der Waals surface area contributed by atoms with Gasteiger partial charge < -0.3 is 19.5 Å². The average molecular weight is 394 g/mol. The number of anilines is 1. The topological polar surface area (TPSA) is 97.6 Å². The highest BCUT2D eigenvalue weighted by Gasteiger charge is 2.19. The van der Waals surface area contributed by atoms with Crippen LogP contribution in [0.15, 0.2) is 48.5 Å². The third-order valence-electron chi connectivity index (χ3n) is 3.88. The van der Waals surface area contributed by atoms with Crippen LogP contribution in [0.2, 0.25) is 0 Å². The van der Waals surface area contributed by atoms with Gasteiger partial charge in [-0.25, -0.2) is 4.79 Å². The van der Waals surface area contributed by atoms with Crippen molar-refractivity contribution in [2.24, 2.45) is 0 Å². The van der Waals surface area contributed by atoms with Gasteiger partial charge in [-0.1, -0.05) is 30.4 Å². The quantitative estimate of drug-likeness (QED) is 0.688. The predicted octanol–water partition coefficient (Wildman–Crippen LogP) is 3.55. The van der Waals surface area contributed by atoms with Crippen molar-refractivity contribution in [2.75, 3.05) is 19.0 Å². The molecule has 7 heteroatoms. The number of rotatable bonds is 8. The maximum atomic E-state index is 12.2. The highest BCUT2D eigenvalue weighted by molar-refractivity contribution is 5.96. The van der Waals surface area contributed by atoms with Crippen molar-refractivity contribution in [1.29, 1.82) is 5.26 Å². The number of ether oxygens (including phenoxy) is 3. The molecule has 1 amide bonds. The summed E-state index contributed by atoms with van der Waals surface area (Å²) in [6.45, 7) is 2.96. The van der Waals surface area contributed by atoms with E-state index in [-0.39, 0.29) is 6.61 Å². The van der Waals surface area contributed by atoms with E-state index >= 15 is 0 Å². The minimum absolute atomic E-state index is 0.316. The molecule has 0 aliphatic heterocycles. The highest BCUT2D eigenvalue weighted by Crippen LogP contribution is 2.28. The highest BCUT2D eigenvalue weighted by atomic mass is 16.6. The van der Waals surface area contributed by atoms with Crippen molar-refractivity contribution in [3.05, 3.63) is 59.7 Å². The molecule has 0 saturated carbocycles. The number of amides is 1. The van der Waals surface area contributed by atoms with E-state index in [1.807, 2.05) is 31.2 Å². The molecule has 0 unspecified atom stereocenters. The summed E-state index contributed by atoms with van der Waals surface area (Å²) in [4.78, 5) is 24.3. The molecule has 0 fully saturated rings. The Hall–Kier alpha value is -3.79. The van der Waals surface area contributed by atoms with E-state index in [0.717, 1.165) is 5.56 Å². The Morgan fingerprint density at radius 1 is 1.21 bits per heavy atom. The number of nitrogens with one attached hydrogen (secondary N) is 1. The predicted molar refractivity (Wildman–Crippen MR) is 109 cm³/mol. The Bertz CT molecular complexity index is 946. The molecule has 0 aliphatic carbocycles. The number of hydrogen-bond donors (Lipinski definition) is 1. The van der Waals surface area contributed by atoms with Gasteiger partial charge >= 0.3 is 5.97 Å². The first-order chi connectivity index (χ1) is 14.0. The van der Waals surface area contributed by atoms with Crippen LogP contribution in [0, 0.1) is 11.3 Å². The molecule has 0 spiro atoms. The lowest BCUT2D eigenvalue weighted by Crippen LogP contribution is -2.31. The molecule has 0 bridgehead atoms. The largest absolute Gasteiger partial charge is 0.493 e. The maximum Gasteiger partial charge on any atom is 0.344 e. The van der Waals surface area contributed by atoms with Crippen molar-refractivity contribution < 1.29 is 23.8 Å². The minimum Gasteiger partial charge on any atom is -0.493 e. The lowest BCUT2D eigenvalue weighted by molar-refractivity contribution is -0.155. The molecule has 2 rings (SSSR count). The van der Waals surface area contributed by atoms with Crippen molar-refractivity contribution in [1.82, 2.24) is 0 Å². The van der Waals surface area contributed by atoms with E-state index in [2.05, 4.69) is 5.32 Å². The SMILES string of the molecule is C/C=C/c1ccc(OCC(=O)O[C@H](C)C(=O)Nc2ccccc2C#N)c(OC)c1. The molecule has 2 aromatic rings. The smallest absolute Gasteiger partial charge is 0.344 e. The van der Waals surface area contributed by atoms with Gasteiger partial charge in [-0.3, -0.25) is 4.79 Å². The summed E-state index contributed by atoms with van der Waals surface area (Å²) in [6, 6.07) is 13.8. The van der Waals surface area contributed by atoms with Crippen LogP contribution in [0.5, 0.6) is 11.5 Å². The molecule has 29 heavy (non-hydrogen) atoms. The van der Waals surface area contributed by atoms with Crippen LogP contribution in [0.3, 0.4) is 0 Å². The fourth-order valence-electron chi connectivity index (χ4n) is 2.44. The first-order valence-electron chi connectivity index (χ1n) is 8.91. The summed E-state index contributed by atoms with van der Waals surface area (Å²) in [5.74, 6) is -0.389. The standard InChI is InChI=1S/C22H22N2O5/c1-4-7-16-10-11-19(20(12-16)27-3)28-14-21(25)29-15(2)22(26)24-18-9-6-5-8-17(18)13-23/h4-12,15H,14H2,1-3H3,(H,24,26)/b7-4+/t15-/m1/s1. The van der Waals surface area contributed by atoms with Gasteiger partial charge in [0, 0.05) is 0 Å². The second-order valence-corrected chi connectivity index (χ2v) is 5.98. The van der Waals surface area contributed by atoms with Crippen molar-refractivity contribution in [3.63, 3.8) is 0 Å². The fraction of sp³-hybridized carbons (Fsp3) is 0.227. The zero-order valence-corrected chi connectivity index (χ0v) is 16.5. The number of para-hydroxylation sites is 1. The van der Waals surface area contributed by atoms with E-state index in [1.165, 1.54) is 14.0 Å². The summed E-state index contributed by atoms with van der Waals surface area (Å²) in [5.41, 5.74) is 1.60. The maximum absolute atomic E-state index is 12.2. The number of carbonyl (C=O) groups excluding carboxylic acids is 2. The molecule has 0 radical (unpaired) electrons. The van der Waals surface area contributed by atoms with Gasteiger partial charge in [-0.05, 0) is 43.7 Å². The number of esters is 1. The van der Waals surface area contributed by atoms with E-state index in [0.29, 0.717) is 22.7 Å². The average Bonchev–Trinajstić information content (AvgIpc) is 2.73. The summed E-state index contributed by atoms with van der Waals surface area (Å²) < 4.78 is 15.8. The van der Waals surface area contributed by atoms with Gasteiger partial charge in [0.1, 0.15) is 6.07 Å². The van der Waals surface area contributed by atoms with Gasteiger partial charge in [0.2, 0.25) is 0 Å². The molecule has 2 aromatic carbocycles. The zero-order valence-electron chi connectivity index (χ0n) is 16.5. The molecule has 150 valence electrons. The number of methoxy groups -OCH3 is 1. The Morgan fingerprint density at radius 3 is 2.66 bits per heavy atom. The second kappa shape index (κ2) is 10.5. The number of hydrogen-bond acceptors (Lipinski definition) is 6. The monoisotopic (exact) mass is 394 g/mol. The molecule has 0 saturated heterocycles. The summed E-state index contributed by atoms with van der Waals surface area (Å²) in [6.07, 6.45) is 2.75. The van der Waals surface area contributed by atoms with Crippen molar-refractivity contribution in [2.45, 2.75) is 20.0 Å². The summed E-state index contributed by atoms with van der Waals surface area (Å²) in [7, 11) is 1.51. The number of benzene rings is 2. The second-order valence-electron chi connectivity index (χ2n) is 5.98. The molecule has 0 heterocycles. The Labute approximate surface area is 169 Å². The Balaban J connectivity index is 1.92. The van der Waals surface area contributed by atoms with E-state index < -0.39 is 18.0 Å². The molecule has 0 aliphatic rings. The summed E-state index contributed by atoms with van der Waals surface area (Å²) >= 11 is 0. The third kappa shape index (κ3) is 6.11. The van der Waals surface area contributed by atoms with Crippen LogP contribution in [0.25, 0.3) is 6.08 Å². The lowest BCUT2D eigenvalue weighted by atomic mass is 10.2. The minimum atomic E-state index is -1.06. The van der Waals surface area contributed by atoms with Gasteiger partial charge in [0.25, 0.3) is 5.91 Å². The van der Waals surface area contributed by atoms with Crippen LogP contribution in [-0.2, 0) is 14.3 Å². The third-order valence-corrected chi connectivity index (χ3v) is 3.88.